The van der Waals surface area contributed by atoms with Crippen molar-refractivity contribution >= 4 is 0 Å². The van der Waals surface area contributed by atoms with Gasteiger partial charge >= 0.3 is 6.18 Å². The quantitative estimate of drug-likeness (QED) is 0.850. The number of alkyl halides is 3. The van der Waals surface area contributed by atoms with Crippen LogP contribution in [0.25, 0.3) is 0 Å². The van der Waals surface area contributed by atoms with Gasteiger partial charge in [-0.15, -0.1) is 0 Å². The van der Waals surface area contributed by atoms with Gasteiger partial charge in [-0.25, -0.2) is 0 Å². The fourth-order valence-corrected chi connectivity index (χ4v) is 2.11. The molecule has 2 rings (SSSR count). The molecule has 0 amide bonds. The van der Waals surface area contributed by atoms with Crippen molar-refractivity contribution in [3.63, 3.8) is 0 Å². The second kappa shape index (κ2) is 6.45. The third-order valence-corrected chi connectivity index (χ3v) is 3.29. The molecule has 0 unspecified atom stereocenters. The van der Waals surface area contributed by atoms with E-state index in [1.54, 1.807) is 6.07 Å². The van der Waals surface area contributed by atoms with Crippen molar-refractivity contribution in [2.24, 2.45) is 0 Å². The molecule has 0 aliphatic carbocycles. The van der Waals surface area contributed by atoms with Gasteiger partial charge in [0.25, 0.3) is 0 Å². The molecule has 1 aliphatic rings. The summed E-state index contributed by atoms with van der Waals surface area (Å²) in [6, 6.07) is 4.07. The van der Waals surface area contributed by atoms with Crippen LogP contribution in [0, 0.1) is 6.92 Å². The number of halogens is 3. The lowest BCUT2D eigenvalue weighted by Crippen LogP contribution is -2.38. The average Bonchev–Trinajstić information content (AvgIpc) is 2.40. The second-order valence-electron chi connectivity index (χ2n) is 4.78. The van der Waals surface area contributed by atoms with Crippen LogP contribution in [-0.2, 0) is 10.9 Å². The van der Waals surface area contributed by atoms with Gasteiger partial charge in [0.2, 0.25) is 0 Å². The summed E-state index contributed by atoms with van der Waals surface area (Å²) in [7, 11) is 0. The molecule has 3 nitrogen and oxygen atoms in total. The van der Waals surface area contributed by atoms with Gasteiger partial charge in [-0.1, -0.05) is 6.07 Å². The summed E-state index contributed by atoms with van der Waals surface area (Å²) < 4.78 is 48.9. The van der Waals surface area contributed by atoms with Crippen molar-refractivity contribution in [2.75, 3.05) is 39.5 Å². The van der Waals surface area contributed by atoms with Crippen molar-refractivity contribution in [1.82, 2.24) is 4.90 Å². The molecule has 0 atom stereocenters. The molecule has 112 valence electrons. The van der Waals surface area contributed by atoms with Gasteiger partial charge in [0.15, 0.2) is 0 Å². The van der Waals surface area contributed by atoms with Crippen LogP contribution in [0.1, 0.15) is 11.1 Å². The van der Waals surface area contributed by atoms with E-state index in [-0.39, 0.29) is 11.3 Å². The second-order valence-corrected chi connectivity index (χ2v) is 4.78. The summed E-state index contributed by atoms with van der Waals surface area (Å²) >= 11 is 0. The van der Waals surface area contributed by atoms with Gasteiger partial charge in [0, 0.05) is 19.6 Å². The Hall–Kier alpha value is -1.27. The lowest BCUT2D eigenvalue weighted by atomic mass is 10.1. The Morgan fingerprint density at radius 3 is 2.60 bits per heavy atom. The zero-order valence-corrected chi connectivity index (χ0v) is 11.4. The first-order chi connectivity index (χ1) is 9.47. The fraction of sp³-hybridized carbons (Fsp3) is 0.571. The smallest absolute Gasteiger partial charge is 0.416 e. The van der Waals surface area contributed by atoms with E-state index >= 15 is 0 Å². The molecule has 0 saturated carbocycles. The maximum Gasteiger partial charge on any atom is 0.416 e. The van der Waals surface area contributed by atoms with Gasteiger partial charge < -0.3 is 9.47 Å². The Morgan fingerprint density at radius 2 is 1.95 bits per heavy atom. The van der Waals surface area contributed by atoms with E-state index in [0.717, 1.165) is 19.2 Å². The number of morpholine rings is 1. The van der Waals surface area contributed by atoms with E-state index in [9.17, 15) is 13.2 Å². The van der Waals surface area contributed by atoms with Crippen LogP contribution in [0.3, 0.4) is 0 Å². The third kappa shape index (κ3) is 4.11. The molecule has 0 aromatic heterocycles. The first-order valence-corrected chi connectivity index (χ1v) is 6.57. The first kappa shape index (κ1) is 15.1. The Morgan fingerprint density at radius 1 is 1.25 bits per heavy atom. The van der Waals surface area contributed by atoms with E-state index in [1.807, 2.05) is 0 Å². The minimum atomic E-state index is -4.34. The van der Waals surface area contributed by atoms with Crippen LogP contribution in [0.4, 0.5) is 13.2 Å². The number of aryl methyl sites for hydroxylation is 1. The van der Waals surface area contributed by atoms with E-state index in [4.69, 9.17) is 9.47 Å². The van der Waals surface area contributed by atoms with E-state index in [0.29, 0.717) is 26.4 Å². The molecule has 0 bridgehead atoms. The summed E-state index contributed by atoms with van der Waals surface area (Å²) in [6.45, 7) is 5.58. The summed E-state index contributed by atoms with van der Waals surface area (Å²) in [4.78, 5) is 2.17. The minimum absolute atomic E-state index is 0.207. The topological polar surface area (TPSA) is 21.7 Å². The number of ether oxygens (including phenoxy) is 2. The summed E-state index contributed by atoms with van der Waals surface area (Å²) in [5, 5.41) is 0. The van der Waals surface area contributed by atoms with Gasteiger partial charge in [-0.3, -0.25) is 4.90 Å². The number of hydrogen-bond donors (Lipinski definition) is 0. The highest BCUT2D eigenvalue weighted by atomic mass is 19.4. The SMILES string of the molecule is Cc1ccc(OCCN2CCOCC2)cc1C(F)(F)F. The molecule has 1 heterocycles. The summed E-state index contributed by atoms with van der Waals surface area (Å²) in [5.41, 5.74) is -0.431. The summed E-state index contributed by atoms with van der Waals surface area (Å²) in [5.74, 6) is 0.260. The van der Waals surface area contributed by atoms with Crippen molar-refractivity contribution in [3.8, 4) is 5.75 Å². The van der Waals surface area contributed by atoms with Crippen molar-refractivity contribution in [3.05, 3.63) is 29.3 Å². The van der Waals surface area contributed by atoms with Crippen LogP contribution in [-0.4, -0.2) is 44.4 Å². The number of nitrogens with zero attached hydrogens (tertiary/aromatic N) is 1. The third-order valence-electron chi connectivity index (χ3n) is 3.29. The molecule has 6 heteroatoms. The number of benzene rings is 1. The zero-order chi connectivity index (χ0) is 14.6. The number of rotatable bonds is 4. The molecule has 1 aromatic carbocycles. The van der Waals surface area contributed by atoms with Crippen LogP contribution < -0.4 is 4.74 Å². The van der Waals surface area contributed by atoms with Gasteiger partial charge in [-0.2, -0.15) is 13.2 Å². The maximum atomic E-state index is 12.8. The molecule has 1 aliphatic heterocycles. The molecule has 0 N–H and O–H groups in total. The van der Waals surface area contributed by atoms with Gasteiger partial charge in [-0.05, 0) is 24.6 Å². The van der Waals surface area contributed by atoms with E-state index in [2.05, 4.69) is 4.90 Å². The van der Waals surface area contributed by atoms with Crippen molar-refractivity contribution in [2.45, 2.75) is 13.1 Å². The Bertz CT molecular complexity index is 443. The lowest BCUT2D eigenvalue weighted by molar-refractivity contribution is -0.138. The highest BCUT2D eigenvalue weighted by Crippen LogP contribution is 2.33. The average molecular weight is 289 g/mol. The minimum Gasteiger partial charge on any atom is -0.492 e. The van der Waals surface area contributed by atoms with E-state index < -0.39 is 11.7 Å². The predicted molar refractivity (Wildman–Crippen MR) is 68.9 cm³/mol. The van der Waals surface area contributed by atoms with E-state index in [1.165, 1.54) is 13.0 Å². The molecular formula is C14H18F3NO2. The van der Waals surface area contributed by atoms with Gasteiger partial charge in [0.1, 0.15) is 12.4 Å². The Labute approximate surface area is 116 Å². The monoisotopic (exact) mass is 289 g/mol. The predicted octanol–water partition coefficient (Wildman–Crippen LogP) is 2.72. The van der Waals surface area contributed by atoms with Crippen LogP contribution >= 0.6 is 0 Å². The molecular weight excluding hydrogens is 271 g/mol. The highest BCUT2D eigenvalue weighted by Gasteiger charge is 2.32. The molecule has 0 spiro atoms. The summed E-state index contributed by atoms with van der Waals surface area (Å²) in [6.07, 6.45) is -4.34. The normalized spacial score (nSPS) is 17.2. The Kier molecular flexibility index (Phi) is 4.88. The largest absolute Gasteiger partial charge is 0.492 e. The number of hydrogen-bond acceptors (Lipinski definition) is 3. The fourth-order valence-electron chi connectivity index (χ4n) is 2.11. The molecule has 20 heavy (non-hydrogen) atoms. The standard InChI is InChI=1S/C14H18F3NO2/c1-11-2-3-12(10-13(11)14(15,16)17)20-9-6-18-4-7-19-8-5-18/h2-3,10H,4-9H2,1H3. The maximum absolute atomic E-state index is 12.8. The van der Waals surface area contributed by atoms with Crippen LogP contribution in [0.5, 0.6) is 5.75 Å². The molecule has 1 aromatic rings. The zero-order valence-electron chi connectivity index (χ0n) is 11.4. The van der Waals surface area contributed by atoms with Crippen LogP contribution in [0.15, 0.2) is 18.2 Å². The molecule has 1 fully saturated rings. The van der Waals surface area contributed by atoms with Crippen molar-refractivity contribution in [1.29, 1.82) is 0 Å². The van der Waals surface area contributed by atoms with Crippen molar-refractivity contribution < 1.29 is 22.6 Å². The first-order valence-electron chi connectivity index (χ1n) is 6.57. The Balaban J connectivity index is 1.89. The lowest BCUT2D eigenvalue weighted by Gasteiger charge is -2.26. The highest BCUT2D eigenvalue weighted by molar-refractivity contribution is 5.36. The molecule has 1 saturated heterocycles. The van der Waals surface area contributed by atoms with Gasteiger partial charge in [0.05, 0.1) is 18.8 Å². The van der Waals surface area contributed by atoms with Crippen LogP contribution in [0.2, 0.25) is 0 Å². The molecule has 0 radical (unpaired) electrons.